The molecule has 2 unspecified atom stereocenters. The second-order valence-electron chi connectivity index (χ2n) is 12.7. The number of rotatable bonds is 13. The van der Waals surface area contributed by atoms with Gasteiger partial charge in [0.2, 0.25) is 6.36 Å². The molecule has 2 aromatic rings. The number of aryl methyl sites for hydroxylation is 1. The lowest BCUT2D eigenvalue weighted by molar-refractivity contribution is -0.137. The van der Waals surface area contributed by atoms with E-state index in [0.29, 0.717) is 29.6 Å². The van der Waals surface area contributed by atoms with Crippen LogP contribution in [0.3, 0.4) is 0 Å². The Morgan fingerprint density at radius 1 is 1.08 bits per heavy atom. The number of aliphatic carboxylic acids is 1. The highest BCUT2D eigenvalue weighted by Crippen LogP contribution is 2.45. The van der Waals surface area contributed by atoms with E-state index in [9.17, 15) is 14.3 Å². The molecule has 1 saturated heterocycles. The predicted molar refractivity (Wildman–Crippen MR) is 155 cm³/mol. The zero-order valence-electron chi connectivity index (χ0n) is 24.1. The molecule has 5 nitrogen and oxygen atoms in total. The Kier molecular flexibility index (Phi) is 9.79. The molecule has 214 valence electrons. The summed E-state index contributed by atoms with van der Waals surface area (Å²) in [4.78, 5) is 13.8. The van der Waals surface area contributed by atoms with E-state index < -0.39 is 12.3 Å². The highest BCUT2D eigenvalue weighted by Gasteiger charge is 2.34. The number of piperidine rings is 1. The van der Waals surface area contributed by atoms with Crippen molar-refractivity contribution >= 4 is 11.7 Å². The lowest BCUT2D eigenvalue weighted by Crippen LogP contribution is -2.36. The zero-order chi connectivity index (χ0) is 28.0. The van der Waals surface area contributed by atoms with Crippen LogP contribution < -0.4 is 14.4 Å². The van der Waals surface area contributed by atoms with Crippen molar-refractivity contribution in [3.8, 4) is 11.5 Å². The molecule has 0 bridgehead atoms. The first-order chi connectivity index (χ1) is 18.6. The van der Waals surface area contributed by atoms with E-state index in [0.717, 1.165) is 69.3 Å². The van der Waals surface area contributed by atoms with Crippen LogP contribution in [-0.4, -0.2) is 37.1 Å². The van der Waals surface area contributed by atoms with E-state index in [-0.39, 0.29) is 12.3 Å². The Labute approximate surface area is 233 Å². The van der Waals surface area contributed by atoms with Crippen LogP contribution in [0.1, 0.15) is 89.7 Å². The van der Waals surface area contributed by atoms with Crippen molar-refractivity contribution in [2.24, 2.45) is 17.3 Å². The second kappa shape index (κ2) is 13.1. The zero-order valence-corrected chi connectivity index (χ0v) is 24.1. The van der Waals surface area contributed by atoms with E-state index in [4.69, 9.17) is 9.47 Å². The van der Waals surface area contributed by atoms with Crippen LogP contribution in [0.25, 0.3) is 0 Å². The molecule has 1 heterocycles. The highest BCUT2D eigenvalue weighted by atomic mass is 19.1. The normalized spacial score (nSPS) is 18.0. The molecule has 6 heteroatoms. The van der Waals surface area contributed by atoms with Gasteiger partial charge in [-0.2, -0.15) is 0 Å². The van der Waals surface area contributed by atoms with E-state index >= 15 is 0 Å². The Morgan fingerprint density at radius 2 is 1.82 bits per heavy atom. The van der Waals surface area contributed by atoms with Crippen molar-refractivity contribution in [2.75, 3.05) is 24.6 Å². The molecule has 1 saturated carbocycles. The van der Waals surface area contributed by atoms with Crippen LogP contribution in [0.5, 0.6) is 11.5 Å². The number of halogens is 1. The number of hydrogen-bond donors (Lipinski definition) is 1. The van der Waals surface area contributed by atoms with Gasteiger partial charge in [-0.1, -0.05) is 39.0 Å². The van der Waals surface area contributed by atoms with Crippen molar-refractivity contribution in [3.63, 3.8) is 0 Å². The van der Waals surface area contributed by atoms with E-state index in [2.05, 4.69) is 31.7 Å². The van der Waals surface area contributed by atoms with Gasteiger partial charge < -0.3 is 19.5 Å². The van der Waals surface area contributed by atoms with Crippen molar-refractivity contribution in [1.29, 1.82) is 0 Å². The Balaban J connectivity index is 1.34. The van der Waals surface area contributed by atoms with Crippen molar-refractivity contribution in [1.82, 2.24) is 0 Å². The maximum absolute atomic E-state index is 13.6. The summed E-state index contributed by atoms with van der Waals surface area (Å²) in [5.74, 6) is 1.69. The molecular formula is C33H46FNO4. The van der Waals surface area contributed by atoms with Gasteiger partial charge in [-0.3, -0.25) is 4.79 Å². The summed E-state index contributed by atoms with van der Waals surface area (Å²) >= 11 is 0. The molecule has 2 aromatic carbocycles. The van der Waals surface area contributed by atoms with Gasteiger partial charge in [0, 0.05) is 31.8 Å². The fraction of sp³-hybridized carbons (Fsp3) is 0.606. The first-order valence-corrected chi connectivity index (χ1v) is 14.7. The third kappa shape index (κ3) is 9.15. The minimum atomic E-state index is -1.34. The van der Waals surface area contributed by atoms with Crippen molar-refractivity contribution in [2.45, 2.75) is 91.3 Å². The Hall–Kier alpha value is -2.76. The molecule has 2 aliphatic rings. The first kappa shape index (κ1) is 29.2. The Bertz CT molecular complexity index is 1080. The molecule has 0 aromatic heterocycles. The number of benzene rings is 2. The average Bonchev–Trinajstić information content (AvgIpc) is 3.72. The van der Waals surface area contributed by atoms with Crippen LogP contribution in [0.2, 0.25) is 0 Å². The summed E-state index contributed by atoms with van der Waals surface area (Å²) < 4.78 is 25.2. The number of carbonyl (C=O) groups is 1. The van der Waals surface area contributed by atoms with Crippen LogP contribution >= 0.6 is 0 Å². The van der Waals surface area contributed by atoms with E-state index in [1.54, 1.807) is 0 Å². The van der Waals surface area contributed by atoms with Gasteiger partial charge in [-0.15, -0.1) is 0 Å². The summed E-state index contributed by atoms with van der Waals surface area (Å²) in [6.07, 6.45) is 6.39. The molecule has 0 radical (unpaired) electrons. The number of nitrogens with zero attached hydrogens (tertiary/aromatic N) is 1. The average molecular weight is 540 g/mol. The number of carboxylic acids is 1. The first-order valence-electron chi connectivity index (χ1n) is 14.7. The lowest BCUT2D eigenvalue weighted by Gasteiger charge is -2.35. The van der Waals surface area contributed by atoms with E-state index in [1.807, 2.05) is 36.4 Å². The molecule has 39 heavy (non-hydrogen) atoms. The third-order valence-electron chi connectivity index (χ3n) is 8.04. The topological polar surface area (TPSA) is 59.0 Å². The maximum atomic E-state index is 13.6. The molecule has 4 rings (SSSR count). The molecule has 0 spiro atoms. The van der Waals surface area contributed by atoms with Crippen LogP contribution in [-0.2, 0) is 11.2 Å². The second-order valence-corrected chi connectivity index (χ2v) is 12.7. The smallest absolute Gasteiger partial charge is 0.303 e. The fourth-order valence-corrected chi connectivity index (χ4v) is 5.75. The summed E-state index contributed by atoms with van der Waals surface area (Å²) in [7, 11) is 0. The molecular weight excluding hydrogens is 493 g/mol. The van der Waals surface area contributed by atoms with Gasteiger partial charge in [0.15, 0.2) is 0 Å². The summed E-state index contributed by atoms with van der Waals surface area (Å²) in [6.45, 7) is 10.8. The van der Waals surface area contributed by atoms with Gasteiger partial charge in [0.1, 0.15) is 11.5 Å². The molecule has 1 N–H and O–H groups in total. The molecule has 0 amide bonds. The number of hydrogen-bond acceptors (Lipinski definition) is 4. The minimum Gasteiger partial charge on any atom is -0.493 e. The molecule has 1 aliphatic carbocycles. The van der Waals surface area contributed by atoms with Gasteiger partial charge in [-0.25, -0.2) is 4.39 Å². The number of ether oxygens (including phenoxy) is 2. The quantitative estimate of drug-likeness (QED) is 0.279. The SMILES string of the molecule is CC(F)Oc1ccc(CCCC(C)(C)C)c(N2CCC(COc3cccc(C(CC(=O)O)C4CC4)c3)CC2)c1. The minimum absolute atomic E-state index is 0.0759. The number of carboxylic acid groups (broad SMARTS) is 1. The maximum Gasteiger partial charge on any atom is 0.303 e. The summed E-state index contributed by atoms with van der Waals surface area (Å²) in [5, 5.41) is 9.35. The van der Waals surface area contributed by atoms with Crippen LogP contribution in [0.4, 0.5) is 10.1 Å². The van der Waals surface area contributed by atoms with Gasteiger partial charge in [0.05, 0.1) is 13.0 Å². The lowest BCUT2D eigenvalue weighted by atomic mass is 9.88. The molecule has 2 fully saturated rings. The van der Waals surface area contributed by atoms with Crippen molar-refractivity contribution in [3.05, 3.63) is 53.6 Å². The number of anilines is 1. The summed E-state index contributed by atoms with van der Waals surface area (Å²) in [6, 6.07) is 14.1. The highest BCUT2D eigenvalue weighted by molar-refractivity contribution is 5.68. The molecule has 1 aliphatic heterocycles. The van der Waals surface area contributed by atoms with E-state index in [1.165, 1.54) is 18.2 Å². The largest absolute Gasteiger partial charge is 0.493 e. The fourth-order valence-electron chi connectivity index (χ4n) is 5.75. The standard InChI is InChI=1S/C33H46FNO4/c1-23(34)39-29-13-12-26(8-6-16-33(2,3)4)31(20-29)35-17-14-24(15-18-35)22-38-28-9-5-7-27(19-28)30(21-32(36)37)25-10-11-25/h5,7,9,12-13,19-20,23-25,30H,6,8,10-11,14-18,21-22H2,1-4H3,(H,36,37). The van der Waals surface area contributed by atoms with Crippen LogP contribution in [0.15, 0.2) is 42.5 Å². The molecule has 2 atom stereocenters. The monoisotopic (exact) mass is 539 g/mol. The summed E-state index contributed by atoms with van der Waals surface area (Å²) in [5.41, 5.74) is 3.85. The van der Waals surface area contributed by atoms with Gasteiger partial charge in [0.25, 0.3) is 0 Å². The van der Waals surface area contributed by atoms with Crippen molar-refractivity contribution < 1.29 is 23.8 Å². The predicted octanol–water partition coefficient (Wildman–Crippen LogP) is 8.01. The number of alkyl halides is 1. The van der Waals surface area contributed by atoms with Gasteiger partial charge >= 0.3 is 5.97 Å². The third-order valence-corrected chi connectivity index (χ3v) is 8.04. The van der Waals surface area contributed by atoms with Crippen LogP contribution in [0, 0.1) is 17.3 Å². The van der Waals surface area contributed by atoms with Gasteiger partial charge in [-0.05, 0) is 97.4 Å². The Morgan fingerprint density at radius 3 is 2.46 bits per heavy atom.